The number of aliphatic hydroxyl groups excluding tert-OH is 1. The van der Waals surface area contributed by atoms with Gasteiger partial charge in [-0.3, -0.25) is 4.79 Å². The molecule has 1 aliphatic heterocycles. The van der Waals surface area contributed by atoms with Crippen LogP contribution in [0.15, 0.2) is 18.2 Å². The van der Waals surface area contributed by atoms with E-state index in [1.807, 2.05) is 6.07 Å². The number of ether oxygens (including phenoxy) is 2. The van der Waals surface area contributed by atoms with E-state index in [9.17, 15) is 9.59 Å². The number of amides is 2. The molecule has 1 aromatic rings. The Hall–Kier alpha value is -1.54. The summed E-state index contributed by atoms with van der Waals surface area (Å²) in [5.41, 5.74) is 0.178. The lowest BCUT2D eigenvalue weighted by Gasteiger charge is -2.30. The van der Waals surface area contributed by atoms with E-state index in [0.717, 1.165) is 5.56 Å². The molecular formula is C19H26Cl2N2O5. The van der Waals surface area contributed by atoms with E-state index in [4.69, 9.17) is 37.8 Å². The Morgan fingerprint density at radius 1 is 1.32 bits per heavy atom. The standard InChI is InChI=1S/C19H26Cl2N2O5/c1-19(2,3)28-18(26)23-6-7-27-17(12-4-5-14(20)15(21)8-12)13(10-23)9-22-16(25)11-24/h4-5,8,13,17,24H,6-7,9-11H2,1-3H3,(H,22,25)/t13-,17+/m1/s1. The summed E-state index contributed by atoms with van der Waals surface area (Å²) < 4.78 is 11.5. The van der Waals surface area contributed by atoms with E-state index in [2.05, 4.69) is 5.32 Å². The Morgan fingerprint density at radius 2 is 2.04 bits per heavy atom. The molecule has 28 heavy (non-hydrogen) atoms. The monoisotopic (exact) mass is 432 g/mol. The second kappa shape index (κ2) is 9.78. The number of nitrogens with zero attached hydrogens (tertiary/aromatic N) is 1. The van der Waals surface area contributed by atoms with Crippen molar-refractivity contribution in [2.24, 2.45) is 5.92 Å². The van der Waals surface area contributed by atoms with Crippen LogP contribution >= 0.6 is 23.2 Å². The van der Waals surface area contributed by atoms with Gasteiger partial charge in [-0.15, -0.1) is 0 Å². The molecule has 1 saturated heterocycles. The molecule has 0 unspecified atom stereocenters. The van der Waals surface area contributed by atoms with Gasteiger partial charge in [-0.05, 0) is 38.5 Å². The minimum absolute atomic E-state index is 0.212. The van der Waals surface area contributed by atoms with Gasteiger partial charge in [-0.2, -0.15) is 0 Å². The lowest BCUT2D eigenvalue weighted by atomic mass is 9.95. The van der Waals surface area contributed by atoms with Gasteiger partial charge in [0.1, 0.15) is 12.2 Å². The van der Waals surface area contributed by atoms with Crippen molar-refractivity contribution >= 4 is 35.2 Å². The van der Waals surface area contributed by atoms with Crippen LogP contribution in [0, 0.1) is 5.92 Å². The van der Waals surface area contributed by atoms with E-state index in [1.165, 1.54) is 0 Å². The molecule has 0 aromatic heterocycles. The maximum atomic E-state index is 12.5. The zero-order valence-corrected chi connectivity index (χ0v) is 17.7. The zero-order chi connectivity index (χ0) is 20.9. The van der Waals surface area contributed by atoms with Crippen LogP contribution in [-0.4, -0.2) is 60.5 Å². The molecule has 0 bridgehead atoms. The largest absolute Gasteiger partial charge is 0.444 e. The van der Waals surface area contributed by atoms with Crippen LogP contribution in [0.1, 0.15) is 32.4 Å². The van der Waals surface area contributed by atoms with E-state index >= 15 is 0 Å². The van der Waals surface area contributed by atoms with Gasteiger partial charge in [0.05, 0.1) is 22.8 Å². The first-order valence-corrected chi connectivity index (χ1v) is 9.78. The van der Waals surface area contributed by atoms with Crippen molar-refractivity contribution < 1.29 is 24.2 Å². The summed E-state index contributed by atoms with van der Waals surface area (Å²) >= 11 is 12.2. The molecule has 1 aromatic carbocycles. The fraction of sp³-hybridized carbons (Fsp3) is 0.579. The highest BCUT2D eigenvalue weighted by Crippen LogP contribution is 2.33. The Labute approximate surface area is 174 Å². The molecule has 7 nitrogen and oxygen atoms in total. The van der Waals surface area contributed by atoms with Crippen molar-refractivity contribution in [3.05, 3.63) is 33.8 Å². The van der Waals surface area contributed by atoms with Crippen LogP contribution in [0.5, 0.6) is 0 Å². The molecule has 0 aliphatic carbocycles. The van der Waals surface area contributed by atoms with E-state index in [-0.39, 0.29) is 12.5 Å². The van der Waals surface area contributed by atoms with Gasteiger partial charge in [0.15, 0.2) is 0 Å². The Balaban J connectivity index is 2.24. The third-order valence-electron chi connectivity index (χ3n) is 4.17. The first kappa shape index (κ1) is 22.7. The molecule has 0 spiro atoms. The Kier molecular flexibility index (Phi) is 7.95. The van der Waals surface area contributed by atoms with Gasteiger partial charge in [0.25, 0.3) is 0 Å². The highest BCUT2D eigenvalue weighted by molar-refractivity contribution is 6.42. The number of halogens is 2. The predicted octanol–water partition coefficient (Wildman–Crippen LogP) is 3.03. The molecule has 0 saturated carbocycles. The SMILES string of the molecule is CC(C)(C)OC(=O)N1CCO[C@@H](c2ccc(Cl)c(Cl)c2)[C@H](CNC(=O)CO)C1. The van der Waals surface area contributed by atoms with Gasteiger partial charge in [0, 0.05) is 25.6 Å². The summed E-state index contributed by atoms with van der Waals surface area (Å²) in [6, 6.07) is 5.21. The number of aliphatic hydroxyl groups is 1. The molecule has 9 heteroatoms. The zero-order valence-electron chi connectivity index (χ0n) is 16.2. The van der Waals surface area contributed by atoms with Gasteiger partial charge < -0.3 is 24.8 Å². The molecule has 2 N–H and O–H groups in total. The maximum Gasteiger partial charge on any atom is 0.410 e. The van der Waals surface area contributed by atoms with Crippen LogP contribution in [0.4, 0.5) is 4.79 Å². The highest BCUT2D eigenvalue weighted by Gasteiger charge is 2.33. The first-order chi connectivity index (χ1) is 13.1. The van der Waals surface area contributed by atoms with Crippen molar-refractivity contribution in [2.45, 2.75) is 32.5 Å². The highest BCUT2D eigenvalue weighted by atomic mass is 35.5. The van der Waals surface area contributed by atoms with Crippen molar-refractivity contribution in [3.8, 4) is 0 Å². The maximum absolute atomic E-state index is 12.5. The second-order valence-electron chi connectivity index (χ2n) is 7.61. The number of hydrogen-bond donors (Lipinski definition) is 2. The van der Waals surface area contributed by atoms with Crippen LogP contribution in [0.3, 0.4) is 0 Å². The fourth-order valence-electron chi connectivity index (χ4n) is 2.92. The van der Waals surface area contributed by atoms with Gasteiger partial charge >= 0.3 is 6.09 Å². The summed E-state index contributed by atoms with van der Waals surface area (Å²) in [5, 5.41) is 12.5. The molecule has 0 radical (unpaired) electrons. The summed E-state index contributed by atoms with van der Waals surface area (Å²) in [7, 11) is 0. The lowest BCUT2D eigenvalue weighted by Crippen LogP contribution is -2.43. The normalized spacial score (nSPS) is 20.4. The molecule has 2 rings (SSSR count). The van der Waals surface area contributed by atoms with Crippen molar-refractivity contribution in [1.29, 1.82) is 0 Å². The molecule has 156 valence electrons. The second-order valence-corrected chi connectivity index (χ2v) is 8.43. The molecule has 2 atom stereocenters. The lowest BCUT2D eigenvalue weighted by molar-refractivity contribution is -0.124. The van der Waals surface area contributed by atoms with Crippen molar-refractivity contribution in [3.63, 3.8) is 0 Å². The number of carbonyl (C=O) groups excluding carboxylic acids is 2. The van der Waals surface area contributed by atoms with Crippen LogP contribution < -0.4 is 5.32 Å². The molecule has 2 amide bonds. The number of hydrogen-bond acceptors (Lipinski definition) is 5. The predicted molar refractivity (Wildman–Crippen MR) is 107 cm³/mol. The van der Waals surface area contributed by atoms with Crippen LogP contribution in [0.25, 0.3) is 0 Å². The summed E-state index contributed by atoms with van der Waals surface area (Å²) in [6.45, 7) is 5.98. The van der Waals surface area contributed by atoms with E-state index in [1.54, 1.807) is 37.8 Å². The number of rotatable bonds is 4. The summed E-state index contributed by atoms with van der Waals surface area (Å²) in [4.78, 5) is 25.6. The van der Waals surface area contributed by atoms with Crippen molar-refractivity contribution in [2.75, 3.05) is 32.8 Å². The average molecular weight is 433 g/mol. The minimum Gasteiger partial charge on any atom is -0.444 e. The summed E-state index contributed by atoms with van der Waals surface area (Å²) in [5.74, 6) is -0.774. The van der Waals surface area contributed by atoms with Crippen LogP contribution in [0.2, 0.25) is 10.0 Å². The van der Waals surface area contributed by atoms with Crippen LogP contribution in [-0.2, 0) is 14.3 Å². The molecular weight excluding hydrogens is 407 g/mol. The number of benzene rings is 1. The molecule has 1 heterocycles. The first-order valence-electron chi connectivity index (χ1n) is 9.02. The number of nitrogens with one attached hydrogen (secondary N) is 1. The quantitative estimate of drug-likeness (QED) is 0.762. The number of carbonyl (C=O) groups is 2. The van der Waals surface area contributed by atoms with Gasteiger partial charge in [0.2, 0.25) is 5.91 Å². The smallest absolute Gasteiger partial charge is 0.410 e. The van der Waals surface area contributed by atoms with Gasteiger partial charge in [-0.25, -0.2) is 4.79 Å². The fourth-order valence-corrected chi connectivity index (χ4v) is 3.23. The Bertz CT molecular complexity index is 708. The average Bonchev–Trinajstić information content (AvgIpc) is 2.83. The topological polar surface area (TPSA) is 88.1 Å². The van der Waals surface area contributed by atoms with E-state index in [0.29, 0.717) is 29.7 Å². The Morgan fingerprint density at radius 3 is 2.64 bits per heavy atom. The summed E-state index contributed by atoms with van der Waals surface area (Å²) in [6.07, 6.45) is -0.856. The van der Waals surface area contributed by atoms with E-state index < -0.39 is 30.3 Å². The molecule has 1 fully saturated rings. The van der Waals surface area contributed by atoms with Crippen molar-refractivity contribution in [1.82, 2.24) is 10.2 Å². The third-order valence-corrected chi connectivity index (χ3v) is 4.91. The molecule has 1 aliphatic rings. The van der Waals surface area contributed by atoms with Gasteiger partial charge in [-0.1, -0.05) is 29.3 Å². The minimum atomic E-state index is -0.617. The third kappa shape index (κ3) is 6.51.